The summed E-state index contributed by atoms with van der Waals surface area (Å²) in [7, 11) is 0. The first kappa shape index (κ1) is 9.53. The molecule has 0 aliphatic heterocycles. The number of tetrazole rings is 1. The molecule has 1 aromatic carbocycles. The van der Waals surface area contributed by atoms with Gasteiger partial charge in [-0.2, -0.15) is 0 Å². The summed E-state index contributed by atoms with van der Waals surface area (Å²) in [4.78, 5) is 1.32. The van der Waals surface area contributed by atoms with Gasteiger partial charge in [0.15, 0.2) is 11.4 Å². The maximum Gasteiger partial charge on any atom is 0.191 e. The van der Waals surface area contributed by atoms with E-state index in [9.17, 15) is 0 Å². The molecule has 0 radical (unpaired) electrons. The van der Waals surface area contributed by atoms with Crippen LogP contribution in [0.4, 0.5) is 5.69 Å². The van der Waals surface area contributed by atoms with E-state index in [-0.39, 0.29) is 0 Å². The van der Waals surface area contributed by atoms with Gasteiger partial charge in [-0.15, -0.1) is 9.89 Å². The molecule has 0 atom stereocenters. The minimum absolute atomic E-state index is 0.425. The van der Waals surface area contributed by atoms with Gasteiger partial charge in [-0.3, -0.25) is 5.43 Å². The van der Waals surface area contributed by atoms with Gasteiger partial charge in [0.05, 0.1) is 0 Å². The minimum atomic E-state index is 0.425. The molecule has 0 spiro atoms. The third-order valence-corrected chi connectivity index (χ3v) is 1.79. The summed E-state index contributed by atoms with van der Waals surface area (Å²) in [6.07, 6.45) is 1.42. The summed E-state index contributed by atoms with van der Waals surface area (Å²) in [5.41, 5.74) is 3.68. The van der Waals surface area contributed by atoms with Gasteiger partial charge in [-0.1, -0.05) is 18.2 Å². The normalized spacial score (nSPS) is 9.60. The summed E-state index contributed by atoms with van der Waals surface area (Å²) in [6.45, 7) is 0. The van der Waals surface area contributed by atoms with Crippen LogP contribution in [0.25, 0.3) is 0 Å². The highest BCUT2D eigenvalue weighted by molar-refractivity contribution is 7.80. The van der Waals surface area contributed by atoms with E-state index in [0.717, 1.165) is 5.69 Å². The molecule has 0 unspecified atom stereocenters. The molecule has 1 aromatic heterocycles. The summed E-state index contributed by atoms with van der Waals surface area (Å²) < 4.78 is 0. The number of rotatable bonds is 2. The molecule has 7 heteroatoms. The Labute approximate surface area is 91.3 Å². The average molecular weight is 220 g/mol. The molecular formula is C8H8N6S. The summed E-state index contributed by atoms with van der Waals surface area (Å²) in [5.74, 6) is 0. The van der Waals surface area contributed by atoms with Crippen molar-refractivity contribution < 1.29 is 0 Å². The first-order valence-corrected chi connectivity index (χ1v) is 4.61. The second-order valence-corrected chi connectivity index (χ2v) is 3.09. The molecule has 2 N–H and O–H groups in total. The highest BCUT2D eigenvalue weighted by atomic mass is 32.1. The highest BCUT2D eigenvalue weighted by Crippen LogP contribution is 2.04. The highest BCUT2D eigenvalue weighted by Gasteiger charge is 1.97. The molecule has 0 amide bonds. The van der Waals surface area contributed by atoms with Crippen molar-refractivity contribution in [2.24, 2.45) is 0 Å². The van der Waals surface area contributed by atoms with E-state index in [0.29, 0.717) is 5.11 Å². The number of hydrogen-bond donors (Lipinski definition) is 2. The van der Waals surface area contributed by atoms with E-state index in [4.69, 9.17) is 12.2 Å². The Balaban J connectivity index is 1.94. The third-order valence-electron chi connectivity index (χ3n) is 1.60. The molecule has 0 saturated heterocycles. The number of benzene rings is 1. The van der Waals surface area contributed by atoms with Crippen LogP contribution in [0.1, 0.15) is 0 Å². The molecule has 0 aliphatic rings. The molecule has 0 fully saturated rings. The Hall–Kier alpha value is -2.02. The molecule has 15 heavy (non-hydrogen) atoms. The maximum atomic E-state index is 5.05. The molecule has 0 saturated carbocycles. The van der Waals surface area contributed by atoms with Crippen molar-refractivity contribution in [2.75, 3.05) is 10.7 Å². The Kier molecular flexibility index (Phi) is 2.84. The van der Waals surface area contributed by atoms with Crippen LogP contribution >= 0.6 is 12.2 Å². The smallest absolute Gasteiger partial charge is 0.191 e. The average Bonchev–Trinajstić information content (AvgIpc) is 2.71. The lowest BCUT2D eigenvalue weighted by Crippen LogP contribution is -2.27. The van der Waals surface area contributed by atoms with E-state index in [1.807, 2.05) is 30.3 Å². The third kappa shape index (κ3) is 2.71. The van der Waals surface area contributed by atoms with Crippen LogP contribution in [0.15, 0.2) is 36.7 Å². The van der Waals surface area contributed by atoms with Crippen molar-refractivity contribution >= 4 is 23.0 Å². The number of hydrogen-bond acceptors (Lipinski definition) is 4. The SMILES string of the molecule is S=C(Nc1ccccc1)Nn1cnnn1. The van der Waals surface area contributed by atoms with Crippen molar-refractivity contribution in [1.82, 2.24) is 20.3 Å². The molecule has 6 nitrogen and oxygen atoms in total. The van der Waals surface area contributed by atoms with E-state index in [2.05, 4.69) is 26.3 Å². The van der Waals surface area contributed by atoms with Crippen LogP contribution in [0.2, 0.25) is 0 Å². The van der Waals surface area contributed by atoms with E-state index >= 15 is 0 Å². The zero-order chi connectivity index (χ0) is 10.5. The Morgan fingerprint density at radius 3 is 2.73 bits per heavy atom. The van der Waals surface area contributed by atoms with E-state index in [1.165, 1.54) is 11.1 Å². The first-order valence-electron chi connectivity index (χ1n) is 4.20. The monoisotopic (exact) mass is 220 g/mol. The zero-order valence-corrected chi connectivity index (χ0v) is 8.48. The molecule has 2 aromatic rings. The number of anilines is 1. The summed E-state index contributed by atoms with van der Waals surface area (Å²) in [6, 6.07) is 9.59. The lowest BCUT2D eigenvalue weighted by atomic mass is 10.3. The van der Waals surface area contributed by atoms with Crippen LogP contribution in [0.5, 0.6) is 0 Å². The fourth-order valence-electron chi connectivity index (χ4n) is 0.997. The van der Waals surface area contributed by atoms with Gasteiger partial charge in [0.1, 0.15) is 0 Å². The number of para-hydroxylation sites is 1. The number of nitrogens with zero attached hydrogens (tertiary/aromatic N) is 4. The van der Waals surface area contributed by atoms with Crippen molar-refractivity contribution in [3.8, 4) is 0 Å². The van der Waals surface area contributed by atoms with Crippen LogP contribution < -0.4 is 10.7 Å². The van der Waals surface area contributed by atoms with E-state index in [1.54, 1.807) is 0 Å². The molecular weight excluding hydrogens is 212 g/mol. The standard InChI is InChI=1S/C8H8N6S/c15-8(11-14-6-9-12-13-14)10-7-4-2-1-3-5-7/h1-6H,(H2,10,11,15). The van der Waals surface area contributed by atoms with Crippen LogP contribution in [0, 0.1) is 0 Å². The number of thiocarbonyl (C=S) groups is 1. The van der Waals surface area contributed by atoms with Crippen LogP contribution in [-0.4, -0.2) is 25.4 Å². The molecule has 0 aliphatic carbocycles. The zero-order valence-electron chi connectivity index (χ0n) is 7.66. The van der Waals surface area contributed by atoms with Gasteiger partial charge < -0.3 is 5.32 Å². The topological polar surface area (TPSA) is 67.7 Å². The van der Waals surface area contributed by atoms with Crippen molar-refractivity contribution in [2.45, 2.75) is 0 Å². The molecule has 1 heterocycles. The van der Waals surface area contributed by atoms with E-state index < -0.39 is 0 Å². The van der Waals surface area contributed by atoms with Crippen molar-refractivity contribution in [3.63, 3.8) is 0 Å². The molecule has 0 bridgehead atoms. The first-order chi connectivity index (χ1) is 7.34. The number of nitrogens with one attached hydrogen (secondary N) is 2. The lowest BCUT2D eigenvalue weighted by Gasteiger charge is -2.08. The van der Waals surface area contributed by atoms with Crippen LogP contribution in [0.3, 0.4) is 0 Å². The van der Waals surface area contributed by atoms with Gasteiger partial charge in [0, 0.05) is 5.69 Å². The Bertz CT molecular complexity index is 426. The predicted octanol–water partition coefficient (Wildman–Crippen LogP) is 0.614. The molecule has 2 rings (SSSR count). The van der Waals surface area contributed by atoms with Gasteiger partial charge in [0.2, 0.25) is 0 Å². The quantitative estimate of drug-likeness (QED) is 0.723. The second-order valence-electron chi connectivity index (χ2n) is 2.69. The predicted molar refractivity (Wildman–Crippen MR) is 59.8 cm³/mol. The van der Waals surface area contributed by atoms with Gasteiger partial charge in [-0.05, 0) is 34.8 Å². The Morgan fingerprint density at radius 2 is 2.07 bits per heavy atom. The Morgan fingerprint density at radius 1 is 1.27 bits per heavy atom. The fraction of sp³-hybridized carbons (Fsp3) is 0. The summed E-state index contributed by atoms with van der Waals surface area (Å²) in [5, 5.41) is 14.0. The van der Waals surface area contributed by atoms with Gasteiger partial charge in [0.25, 0.3) is 0 Å². The van der Waals surface area contributed by atoms with Crippen LogP contribution in [-0.2, 0) is 0 Å². The second kappa shape index (κ2) is 4.47. The maximum absolute atomic E-state index is 5.05. The molecule has 76 valence electrons. The van der Waals surface area contributed by atoms with Crippen molar-refractivity contribution in [3.05, 3.63) is 36.7 Å². The van der Waals surface area contributed by atoms with Crippen molar-refractivity contribution in [1.29, 1.82) is 0 Å². The van der Waals surface area contributed by atoms with Gasteiger partial charge >= 0.3 is 0 Å². The van der Waals surface area contributed by atoms with Gasteiger partial charge in [-0.25, -0.2) is 0 Å². The fourth-order valence-corrected chi connectivity index (χ4v) is 1.21. The number of aromatic nitrogens is 4. The summed E-state index contributed by atoms with van der Waals surface area (Å²) >= 11 is 5.05. The lowest BCUT2D eigenvalue weighted by molar-refractivity contribution is 0.747. The largest absolute Gasteiger partial charge is 0.331 e. The minimum Gasteiger partial charge on any atom is -0.331 e.